The van der Waals surface area contributed by atoms with Crippen LogP contribution in [0.25, 0.3) is 0 Å². The van der Waals surface area contributed by atoms with Crippen molar-refractivity contribution in [2.75, 3.05) is 0 Å². The molecule has 0 aliphatic rings. The summed E-state index contributed by atoms with van der Waals surface area (Å²) in [6.45, 7) is 6.95. The molecule has 0 fully saturated rings. The first kappa shape index (κ1) is 16.0. The molecule has 6 heteroatoms. The molecule has 0 aliphatic carbocycles. The van der Waals surface area contributed by atoms with Crippen LogP contribution in [0.2, 0.25) is 0 Å². The average molecular weight is 254 g/mol. The maximum atomic E-state index is 11.7. The van der Waals surface area contributed by atoms with Crippen LogP contribution in [0.3, 0.4) is 0 Å². The minimum atomic E-state index is -0.529. The monoisotopic (exact) mass is 254 g/mol. The van der Waals surface area contributed by atoms with Gasteiger partial charge in [-0.1, -0.05) is 20.8 Å². The number of hydrogen-bond donors (Lipinski definition) is 4. The van der Waals surface area contributed by atoms with Gasteiger partial charge in [0.2, 0.25) is 5.91 Å². The third-order valence-corrected chi connectivity index (χ3v) is 2.11. The molecule has 6 nitrogen and oxygen atoms in total. The average Bonchev–Trinajstić information content (AvgIpc) is 2.27. The molecule has 0 atom stereocenters. The highest BCUT2D eigenvalue weighted by molar-refractivity contribution is 5.94. The molecule has 102 valence electrons. The van der Waals surface area contributed by atoms with Crippen molar-refractivity contribution in [3.8, 4) is 0 Å². The van der Waals surface area contributed by atoms with Gasteiger partial charge in [0.05, 0.1) is 0 Å². The number of amides is 2. The zero-order chi connectivity index (χ0) is 14.3. The van der Waals surface area contributed by atoms with E-state index in [4.69, 9.17) is 11.5 Å². The van der Waals surface area contributed by atoms with Gasteiger partial charge >= 0.3 is 0 Å². The minimum Gasteiger partial charge on any atom is -0.400 e. The zero-order valence-electron chi connectivity index (χ0n) is 11.3. The van der Waals surface area contributed by atoms with Gasteiger partial charge in [0.25, 0.3) is 5.91 Å². The Hall–Kier alpha value is -1.98. The fraction of sp³-hybridized carbons (Fsp3) is 0.500. The number of rotatable bonds is 5. The van der Waals surface area contributed by atoms with Crippen molar-refractivity contribution in [2.24, 2.45) is 17.4 Å². The Balaban J connectivity index is 4.77. The van der Waals surface area contributed by atoms with Crippen molar-refractivity contribution in [1.29, 1.82) is 0 Å². The van der Waals surface area contributed by atoms with Crippen LogP contribution in [0.1, 0.15) is 34.1 Å². The van der Waals surface area contributed by atoms with Crippen LogP contribution >= 0.6 is 0 Å². The highest BCUT2D eigenvalue weighted by Crippen LogP contribution is 1.97. The van der Waals surface area contributed by atoms with Gasteiger partial charge < -0.3 is 22.1 Å². The predicted octanol–water partition coefficient (Wildman–Crippen LogP) is 0.275. The van der Waals surface area contributed by atoms with Crippen molar-refractivity contribution in [2.45, 2.75) is 34.1 Å². The molecular formula is C12H22N4O2. The van der Waals surface area contributed by atoms with Crippen LogP contribution in [-0.4, -0.2) is 11.8 Å². The Morgan fingerprint density at radius 1 is 1.22 bits per heavy atom. The van der Waals surface area contributed by atoms with Gasteiger partial charge in [-0.25, -0.2) is 0 Å². The third kappa shape index (κ3) is 5.38. The Labute approximate surface area is 107 Å². The molecule has 0 saturated heterocycles. The summed E-state index contributed by atoms with van der Waals surface area (Å²) in [4.78, 5) is 23.2. The van der Waals surface area contributed by atoms with Crippen molar-refractivity contribution in [3.05, 3.63) is 23.3 Å². The summed E-state index contributed by atoms with van der Waals surface area (Å²) in [6, 6.07) is 0. The lowest BCUT2D eigenvalue weighted by Crippen LogP contribution is -2.39. The molecule has 0 aromatic carbocycles. The van der Waals surface area contributed by atoms with E-state index in [2.05, 4.69) is 10.6 Å². The molecule has 18 heavy (non-hydrogen) atoms. The summed E-state index contributed by atoms with van der Waals surface area (Å²) in [5, 5.41) is 5.13. The Kier molecular flexibility index (Phi) is 6.56. The summed E-state index contributed by atoms with van der Waals surface area (Å²) < 4.78 is 0. The topological polar surface area (TPSA) is 110 Å². The number of carbonyl (C=O) groups excluding carboxylic acids is 2. The Morgan fingerprint density at radius 2 is 1.78 bits per heavy atom. The lowest BCUT2D eigenvalue weighted by molar-refractivity contribution is -0.123. The molecule has 0 spiro atoms. The summed E-state index contributed by atoms with van der Waals surface area (Å²) in [7, 11) is 0. The van der Waals surface area contributed by atoms with E-state index in [0.29, 0.717) is 12.2 Å². The molecule has 0 saturated carbocycles. The number of hydrogen-bond acceptors (Lipinski definition) is 4. The summed E-state index contributed by atoms with van der Waals surface area (Å²) in [5.74, 6) is -0.558. The van der Waals surface area contributed by atoms with Crippen LogP contribution in [0, 0.1) is 5.92 Å². The lowest BCUT2D eigenvalue weighted by atomic mass is 10.2. The van der Waals surface area contributed by atoms with Gasteiger partial charge in [-0.15, -0.1) is 0 Å². The largest absolute Gasteiger partial charge is 0.400 e. The molecule has 2 amide bonds. The van der Waals surface area contributed by atoms with E-state index < -0.39 is 5.91 Å². The second-order valence-corrected chi connectivity index (χ2v) is 4.22. The van der Waals surface area contributed by atoms with E-state index in [1.165, 1.54) is 6.92 Å². The first-order valence-corrected chi connectivity index (χ1v) is 5.83. The van der Waals surface area contributed by atoms with Gasteiger partial charge in [-0.05, 0) is 19.4 Å². The van der Waals surface area contributed by atoms with E-state index in [1.807, 2.05) is 6.92 Å². The molecule has 0 aromatic heterocycles. The van der Waals surface area contributed by atoms with Crippen molar-refractivity contribution in [3.63, 3.8) is 0 Å². The van der Waals surface area contributed by atoms with Crippen molar-refractivity contribution < 1.29 is 9.59 Å². The highest BCUT2D eigenvalue weighted by atomic mass is 16.2. The number of nitrogens with one attached hydrogen (secondary N) is 2. The molecule has 0 bridgehead atoms. The molecular weight excluding hydrogens is 232 g/mol. The van der Waals surface area contributed by atoms with Crippen LogP contribution < -0.4 is 22.1 Å². The second kappa shape index (κ2) is 7.37. The van der Waals surface area contributed by atoms with Gasteiger partial charge in [-0.2, -0.15) is 0 Å². The standard InChI is InChI=1S/C12H22N4O2/c1-5-6-9(15-11(17)7(2)3)16-12(18)10(14)8(4)13/h6-7H,5,13-14H2,1-4H3,(H,15,17)(H,16,18)/b9-6+,10-8-. The van der Waals surface area contributed by atoms with Crippen molar-refractivity contribution >= 4 is 11.8 Å². The fourth-order valence-electron chi connectivity index (χ4n) is 0.983. The van der Waals surface area contributed by atoms with E-state index in [1.54, 1.807) is 19.9 Å². The molecule has 0 radical (unpaired) electrons. The Morgan fingerprint density at radius 3 is 2.17 bits per heavy atom. The van der Waals surface area contributed by atoms with Gasteiger partial charge in [0.1, 0.15) is 11.5 Å². The maximum Gasteiger partial charge on any atom is 0.274 e. The molecule has 6 N–H and O–H groups in total. The maximum absolute atomic E-state index is 11.7. The first-order valence-electron chi connectivity index (χ1n) is 5.83. The SMILES string of the molecule is CC/C=C(/NC(=O)/C(N)=C(\C)N)NC(=O)C(C)C. The second-order valence-electron chi connectivity index (χ2n) is 4.22. The summed E-state index contributed by atoms with van der Waals surface area (Å²) >= 11 is 0. The molecule has 0 aromatic rings. The van der Waals surface area contributed by atoms with Gasteiger partial charge in [-0.3, -0.25) is 9.59 Å². The summed E-state index contributed by atoms with van der Waals surface area (Å²) in [5.41, 5.74) is 11.1. The molecule has 0 unspecified atom stereocenters. The smallest absolute Gasteiger partial charge is 0.274 e. The van der Waals surface area contributed by atoms with Crippen LogP contribution in [0.15, 0.2) is 23.3 Å². The quantitative estimate of drug-likeness (QED) is 0.528. The van der Waals surface area contributed by atoms with Crippen molar-refractivity contribution in [1.82, 2.24) is 10.6 Å². The lowest BCUT2D eigenvalue weighted by Gasteiger charge is -2.13. The van der Waals surface area contributed by atoms with E-state index in [-0.39, 0.29) is 23.2 Å². The molecule has 0 rings (SSSR count). The molecule has 0 aliphatic heterocycles. The predicted molar refractivity (Wildman–Crippen MR) is 70.6 cm³/mol. The summed E-state index contributed by atoms with van der Waals surface area (Å²) in [6.07, 6.45) is 2.36. The van der Waals surface area contributed by atoms with Gasteiger partial charge in [0, 0.05) is 11.6 Å². The van der Waals surface area contributed by atoms with E-state index in [0.717, 1.165) is 0 Å². The Bertz CT molecular complexity index is 380. The number of nitrogens with two attached hydrogens (primary N) is 2. The highest BCUT2D eigenvalue weighted by Gasteiger charge is 2.13. The van der Waals surface area contributed by atoms with Crippen LogP contribution in [-0.2, 0) is 9.59 Å². The number of allylic oxidation sites excluding steroid dienone is 2. The zero-order valence-corrected chi connectivity index (χ0v) is 11.3. The van der Waals surface area contributed by atoms with Crippen LogP contribution in [0.4, 0.5) is 0 Å². The third-order valence-electron chi connectivity index (χ3n) is 2.11. The van der Waals surface area contributed by atoms with E-state index in [9.17, 15) is 9.59 Å². The van der Waals surface area contributed by atoms with Gasteiger partial charge in [0.15, 0.2) is 0 Å². The number of carbonyl (C=O) groups is 2. The van der Waals surface area contributed by atoms with E-state index >= 15 is 0 Å². The normalized spacial score (nSPS) is 13.1. The minimum absolute atomic E-state index is 0.0594. The first-order chi connectivity index (χ1) is 8.29. The van der Waals surface area contributed by atoms with Crippen LogP contribution in [0.5, 0.6) is 0 Å². The molecule has 0 heterocycles. The fourth-order valence-corrected chi connectivity index (χ4v) is 0.983.